The first-order chi connectivity index (χ1) is 9.49. The first-order valence-electron chi connectivity index (χ1n) is 7.07. The first-order valence-corrected chi connectivity index (χ1v) is 7.07. The summed E-state index contributed by atoms with van der Waals surface area (Å²) in [6, 6.07) is 9.40. The van der Waals surface area contributed by atoms with E-state index in [2.05, 4.69) is 19.9 Å². The number of hydrogen-bond donors (Lipinski definition) is 0. The van der Waals surface area contributed by atoms with Crippen molar-refractivity contribution in [2.75, 3.05) is 7.11 Å². The second kappa shape index (κ2) is 5.66. The van der Waals surface area contributed by atoms with E-state index < -0.39 is 5.92 Å². The molecule has 0 radical (unpaired) electrons. The molecule has 3 heteroatoms. The molecule has 106 valence electrons. The van der Waals surface area contributed by atoms with Gasteiger partial charge in [0.15, 0.2) is 5.78 Å². The smallest absolute Gasteiger partial charge is 0.158 e. The van der Waals surface area contributed by atoms with Crippen LogP contribution in [-0.2, 0) is 4.79 Å². The molecular formula is C17H21NO2. The monoisotopic (exact) mass is 271 g/mol. The van der Waals surface area contributed by atoms with E-state index in [1.807, 2.05) is 12.1 Å². The number of methoxy groups -OCH3 is 1. The van der Waals surface area contributed by atoms with Gasteiger partial charge in [0.1, 0.15) is 11.7 Å². The van der Waals surface area contributed by atoms with Gasteiger partial charge in [0.25, 0.3) is 0 Å². The van der Waals surface area contributed by atoms with Crippen molar-refractivity contribution in [1.82, 2.24) is 0 Å². The molecule has 1 aliphatic rings. The molecule has 2 unspecified atom stereocenters. The van der Waals surface area contributed by atoms with Gasteiger partial charge in [-0.15, -0.1) is 0 Å². The number of nitrogens with zero attached hydrogens (tertiary/aromatic N) is 1. The molecule has 0 N–H and O–H groups in total. The third-order valence-corrected chi connectivity index (χ3v) is 4.46. The van der Waals surface area contributed by atoms with Crippen LogP contribution in [0.1, 0.15) is 44.6 Å². The lowest BCUT2D eigenvalue weighted by molar-refractivity contribution is -0.125. The standard InChI is InChI=1S/C17H21NO2/c1-17(2)10-4-5-15(17)16(19)14(11-18)12-6-8-13(20-3)9-7-12/h6-9,14-15H,4-5,10H2,1-3H3. The third kappa shape index (κ3) is 2.70. The molecule has 0 aliphatic heterocycles. The highest BCUT2D eigenvalue weighted by Crippen LogP contribution is 2.45. The minimum absolute atomic E-state index is 0.00532. The zero-order valence-corrected chi connectivity index (χ0v) is 12.3. The van der Waals surface area contributed by atoms with Gasteiger partial charge in [0, 0.05) is 5.92 Å². The van der Waals surface area contributed by atoms with E-state index >= 15 is 0 Å². The lowest BCUT2D eigenvalue weighted by atomic mass is 9.75. The Kier molecular flexibility index (Phi) is 4.13. The quantitative estimate of drug-likeness (QED) is 0.839. The van der Waals surface area contributed by atoms with E-state index in [0.717, 1.165) is 30.6 Å². The highest BCUT2D eigenvalue weighted by molar-refractivity contribution is 5.91. The van der Waals surface area contributed by atoms with Crippen LogP contribution in [0.2, 0.25) is 0 Å². The largest absolute Gasteiger partial charge is 0.497 e. The van der Waals surface area contributed by atoms with Crippen molar-refractivity contribution in [3.8, 4) is 11.8 Å². The number of rotatable bonds is 4. The number of ketones is 1. The molecule has 3 nitrogen and oxygen atoms in total. The van der Waals surface area contributed by atoms with Gasteiger partial charge in [-0.1, -0.05) is 32.4 Å². The average molecular weight is 271 g/mol. The maximum Gasteiger partial charge on any atom is 0.158 e. The van der Waals surface area contributed by atoms with Crippen LogP contribution in [0, 0.1) is 22.7 Å². The van der Waals surface area contributed by atoms with E-state index in [1.54, 1.807) is 19.2 Å². The molecule has 0 aromatic heterocycles. The highest BCUT2D eigenvalue weighted by Gasteiger charge is 2.42. The Hall–Kier alpha value is -1.82. The average Bonchev–Trinajstić information content (AvgIpc) is 2.79. The number of benzene rings is 1. The normalized spacial score (nSPS) is 22.0. The Morgan fingerprint density at radius 3 is 2.50 bits per heavy atom. The maximum atomic E-state index is 12.7. The summed E-state index contributed by atoms with van der Waals surface area (Å²) < 4.78 is 5.11. The molecule has 1 aromatic rings. The zero-order valence-electron chi connectivity index (χ0n) is 12.3. The van der Waals surface area contributed by atoms with Crippen LogP contribution in [0.4, 0.5) is 0 Å². The summed E-state index contributed by atoms with van der Waals surface area (Å²) >= 11 is 0. The summed E-state index contributed by atoms with van der Waals surface area (Å²) in [6.45, 7) is 4.26. The molecule has 1 saturated carbocycles. The van der Waals surface area contributed by atoms with E-state index in [1.165, 1.54) is 0 Å². The molecule has 1 fully saturated rings. The van der Waals surface area contributed by atoms with Gasteiger partial charge in [-0.3, -0.25) is 4.79 Å². The molecule has 0 heterocycles. The Bertz CT molecular complexity index is 525. The molecule has 1 aromatic carbocycles. The number of carbonyl (C=O) groups excluding carboxylic acids is 1. The minimum Gasteiger partial charge on any atom is -0.497 e. The summed E-state index contributed by atoms with van der Waals surface area (Å²) in [5.41, 5.74) is 0.777. The van der Waals surface area contributed by atoms with E-state index in [4.69, 9.17) is 4.74 Å². The van der Waals surface area contributed by atoms with Crippen LogP contribution < -0.4 is 4.74 Å². The number of hydrogen-bond acceptors (Lipinski definition) is 3. The van der Waals surface area contributed by atoms with Crippen LogP contribution in [0.3, 0.4) is 0 Å². The number of ether oxygens (including phenoxy) is 1. The minimum atomic E-state index is -0.664. The summed E-state index contributed by atoms with van der Waals surface area (Å²) in [7, 11) is 1.60. The summed E-state index contributed by atoms with van der Waals surface area (Å²) in [5, 5.41) is 9.40. The van der Waals surface area contributed by atoms with Crippen LogP contribution in [-0.4, -0.2) is 12.9 Å². The van der Waals surface area contributed by atoms with Crippen molar-refractivity contribution in [1.29, 1.82) is 5.26 Å². The van der Waals surface area contributed by atoms with Crippen LogP contribution in [0.15, 0.2) is 24.3 Å². The predicted molar refractivity (Wildman–Crippen MR) is 77.5 cm³/mol. The molecule has 20 heavy (non-hydrogen) atoms. The highest BCUT2D eigenvalue weighted by atomic mass is 16.5. The fourth-order valence-electron chi connectivity index (χ4n) is 3.15. The van der Waals surface area contributed by atoms with Crippen molar-refractivity contribution < 1.29 is 9.53 Å². The Morgan fingerprint density at radius 1 is 1.40 bits per heavy atom. The van der Waals surface area contributed by atoms with Gasteiger partial charge in [0.2, 0.25) is 0 Å². The Morgan fingerprint density at radius 2 is 2.05 bits per heavy atom. The lowest BCUT2D eigenvalue weighted by Gasteiger charge is -2.27. The first kappa shape index (κ1) is 14.6. The number of nitriles is 1. The van der Waals surface area contributed by atoms with Gasteiger partial charge in [-0.25, -0.2) is 0 Å². The molecule has 0 saturated heterocycles. The van der Waals surface area contributed by atoms with Gasteiger partial charge >= 0.3 is 0 Å². The van der Waals surface area contributed by atoms with Crippen molar-refractivity contribution in [2.45, 2.75) is 39.0 Å². The molecule has 0 bridgehead atoms. The van der Waals surface area contributed by atoms with E-state index in [-0.39, 0.29) is 17.1 Å². The molecule has 0 spiro atoms. The lowest BCUT2D eigenvalue weighted by Crippen LogP contribution is -2.29. The fourth-order valence-corrected chi connectivity index (χ4v) is 3.15. The predicted octanol–water partition coefficient (Wildman–Crippen LogP) is 3.70. The number of Topliss-reactive ketones (excluding diaryl/α,β-unsaturated/α-hetero) is 1. The van der Waals surface area contributed by atoms with Crippen molar-refractivity contribution in [3.63, 3.8) is 0 Å². The Balaban J connectivity index is 2.23. The van der Waals surface area contributed by atoms with Crippen LogP contribution >= 0.6 is 0 Å². The second-order valence-corrected chi connectivity index (χ2v) is 6.17. The molecule has 0 amide bonds. The third-order valence-electron chi connectivity index (χ3n) is 4.46. The summed E-state index contributed by atoms with van der Waals surface area (Å²) in [6.07, 6.45) is 3.04. The molecule has 1 aliphatic carbocycles. The van der Waals surface area contributed by atoms with Crippen LogP contribution in [0.5, 0.6) is 5.75 Å². The summed E-state index contributed by atoms with van der Waals surface area (Å²) in [4.78, 5) is 12.7. The second-order valence-electron chi connectivity index (χ2n) is 6.17. The Labute approximate surface area is 120 Å². The van der Waals surface area contributed by atoms with Crippen LogP contribution in [0.25, 0.3) is 0 Å². The van der Waals surface area contributed by atoms with Gasteiger partial charge in [-0.05, 0) is 36.0 Å². The maximum absolute atomic E-state index is 12.7. The van der Waals surface area contributed by atoms with E-state index in [0.29, 0.717) is 0 Å². The molecule has 2 rings (SSSR count). The van der Waals surface area contributed by atoms with Crippen molar-refractivity contribution >= 4 is 5.78 Å². The van der Waals surface area contributed by atoms with Crippen molar-refractivity contribution in [3.05, 3.63) is 29.8 Å². The molecular weight excluding hydrogens is 250 g/mol. The fraction of sp³-hybridized carbons (Fsp3) is 0.529. The zero-order chi connectivity index (χ0) is 14.8. The summed E-state index contributed by atoms with van der Waals surface area (Å²) in [5.74, 6) is 0.136. The SMILES string of the molecule is COc1ccc(C(C#N)C(=O)C2CCCC2(C)C)cc1. The van der Waals surface area contributed by atoms with Gasteiger partial charge < -0.3 is 4.74 Å². The number of carbonyl (C=O) groups is 1. The van der Waals surface area contributed by atoms with Gasteiger partial charge in [-0.2, -0.15) is 5.26 Å². The van der Waals surface area contributed by atoms with E-state index in [9.17, 15) is 10.1 Å². The van der Waals surface area contributed by atoms with Crippen molar-refractivity contribution in [2.24, 2.45) is 11.3 Å². The van der Waals surface area contributed by atoms with Gasteiger partial charge in [0.05, 0.1) is 13.2 Å². The topological polar surface area (TPSA) is 50.1 Å². The molecule has 2 atom stereocenters.